The molecule has 0 saturated heterocycles. The quantitative estimate of drug-likeness (QED) is 0.768. The van der Waals surface area contributed by atoms with Crippen LogP contribution in [0.4, 0.5) is 8.78 Å². The van der Waals surface area contributed by atoms with Crippen LogP contribution in [0, 0.1) is 0 Å². The maximum atomic E-state index is 12.3. The van der Waals surface area contributed by atoms with E-state index in [1.165, 1.54) is 0 Å². The van der Waals surface area contributed by atoms with Crippen molar-refractivity contribution < 1.29 is 22.3 Å². The maximum absolute atomic E-state index is 12.3. The van der Waals surface area contributed by atoms with Crippen molar-refractivity contribution in [3.8, 4) is 0 Å². The zero-order valence-electron chi connectivity index (χ0n) is 9.00. The minimum absolute atomic E-state index is 0.156. The molecule has 6 nitrogen and oxygen atoms in total. The summed E-state index contributed by atoms with van der Waals surface area (Å²) in [7, 11) is -4.17. The van der Waals surface area contributed by atoms with Gasteiger partial charge in [0.05, 0.1) is 25.5 Å². The van der Waals surface area contributed by atoms with E-state index in [9.17, 15) is 17.2 Å². The molecular weight excluding hydrogens is 292 g/mol. The van der Waals surface area contributed by atoms with Gasteiger partial charge in [-0.05, 0) is 11.6 Å². The highest BCUT2D eigenvalue weighted by Crippen LogP contribution is 2.15. The highest BCUT2D eigenvalue weighted by Gasteiger charge is 2.27. The monoisotopic (exact) mass is 301 g/mol. The van der Waals surface area contributed by atoms with Crippen molar-refractivity contribution in [2.75, 3.05) is 19.7 Å². The fourth-order valence-corrected chi connectivity index (χ4v) is 2.56. The predicted octanol–water partition coefficient (Wildman–Crippen LogP) is 0.378. The summed E-state index contributed by atoms with van der Waals surface area (Å²) >= 11 is 5.40. The summed E-state index contributed by atoms with van der Waals surface area (Å²) in [6.07, 6.45) is -1.01. The van der Waals surface area contributed by atoms with Gasteiger partial charge in [-0.3, -0.25) is 0 Å². The molecule has 0 unspecified atom stereocenters. The molecule has 1 aromatic heterocycles. The fraction of sp³-hybridized carbons (Fsp3) is 0.500. The molecule has 1 heterocycles. The number of aromatic nitrogens is 2. The number of rotatable bonds is 6. The van der Waals surface area contributed by atoms with E-state index in [-0.39, 0.29) is 10.2 Å². The number of sulfonamides is 1. The Morgan fingerprint density at radius 3 is 2.39 bits per heavy atom. The van der Waals surface area contributed by atoms with E-state index in [1.54, 1.807) is 0 Å². The SMILES string of the molecule is O=S(=O)(c1cnc(Cl)nc1)N(CCO)CC(F)F. The lowest BCUT2D eigenvalue weighted by Gasteiger charge is -2.20. The lowest BCUT2D eigenvalue weighted by Crippen LogP contribution is -2.37. The van der Waals surface area contributed by atoms with Crippen molar-refractivity contribution in [2.45, 2.75) is 11.3 Å². The van der Waals surface area contributed by atoms with Gasteiger partial charge in [-0.1, -0.05) is 0 Å². The Morgan fingerprint density at radius 2 is 1.94 bits per heavy atom. The van der Waals surface area contributed by atoms with Gasteiger partial charge in [-0.25, -0.2) is 27.2 Å². The molecule has 102 valence electrons. The highest BCUT2D eigenvalue weighted by molar-refractivity contribution is 7.89. The van der Waals surface area contributed by atoms with Crippen LogP contribution in [0.3, 0.4) is 0 Å². The average Bonchev–Trinajstić information content (AvgIpc) is 2.28. The Morgan fingerprint density at radius 1 is 1.39 bits per heavy atom. The summed E-state index contributed by atoms with van der Waals surface area (Å²) in [4.78, 5) is 6.57. The van der Waals surface area contributed by atoms with Gasteiger partial charge in [0.15, 0.2) is 0 Å². The van der Waals surface area contributed by atoms with Crippen LogP contribution in [0.1, 0.15) is 0 Å². The zero-order chi connectivity index (χ0) is 13.8. The number of nitrogens with zero attached hydrogens (tertiary/aromatic N) is 3. The van der Waals surface area contributed by atoms with Crippen molar-refractivity contribution in [2.24, 2.45) is 0 Å². The summed E-state index contributed by atoms with van der Waals surface area (Å²) in [6.45, 7) is -2.01. The van der Waals surface area contributed by atoms with Gasteiger partial charge < -0.3 is 5.11 Å². The van der Waals surface area contributed by atoms with Crippen molar-refractivity contribution in [3.63, 3.8) is 0 Å². The van der Waals surface area contributed by atoms with Gasteiger partial charge >= 0.3 is 0 Å². The summed E-state index contributed by atoms with van der Waals surface area (Å²) in [6, 6.07) is 0. The predicted molar refractivity (Wildman–Crippen MR) is 58.9 cm³/mol. The van der Waals surface area contributed by atoms with Crippen molar-refractivity contribution in [3.05, 3.63) is 17.7 Å². The molecule has 0 amide bonds. The molecule has 0 bridgehead atoms. The minimum Gasteiger partial charge on any atom is -0.395 e. The maximum Gasteiger partial charge on any atom is 0.252 e. The van der Waals surface area contributed by atoms with Gasteiger partial charge in [0.2, 0.25) is 15.3 Å². The number of halogens is 3. The van der Waals surface area contributed by atoms with E-state index in [0.717, 1.165) is 12.4 Å². The molecule has 1 rings (SSSR count). The van der Waals surface area contributed by atoms with E-state index >= 15 is 0 Å². The lowest BCUT2D eigenvalue weighted by molar-refractivity contribution is 0.113. The van der Waals surface area contributed by atoms with Gasteiger partial charge in [0, 0.05) is 6.54 Å². The molecule has 0 aliphatic heterocycles. The molecule has 0 saturated carbocycles. The Bertz CT molecular complexity index is 483. The third kappa shape index (κ3) is 3.80. The second-order valence-corrected chi connectivity index (χ2v) is 5.44. The van der Waals surface area contributed by atoms with Crippen LogP contribution in [0.25, 0.3) is 0 Å². The largest absolute Gasteiger partial charge is 0.395 e. The number of alkyl halides is 2. The van der Waals surface area contributed by atoms with Crippen LogP contribution in [0.2, 0.25) is 5.28 Å². The average molecular weight is 302 g/mol. The number of aliphatic hydroxyl groups excluding tert-OH is 1. The molecule has 0 spiro atoms. The summed E-state index contributed by atoms with van der Waals surface area (Å²) in [5.41, 5.74) is 0. The van der Waals surface area contributed by atoms with Gasteiger partial charge in [0.1, 0.15) is 4.90 Å². The molecule has 1 aromatic rings. The topological polar surface area (TPSA) is 83.4 Å². The Labute approximate surface area is 107 Å². The van der Waals surface area contributed by atoms with Crippen LogP contribution < -0.4 is 0 Å². The van der Waals surface area contributed by atoms with Gasteiger partial charge in [-0.2, -0.15) is 4.31 Å². The number of hydrogen-bond acceptors (Lipinski definition) is 5. The van der Waals surface area contributed by atoms with E-state index < -0.39 is 36.1 Å². The normalized spacial score (nSPS) is 12.3. The molecule has 1 N–H and O–H groups in total. The summed E-state index contributed by atoms with van der Waals surface area (Å²) < 4.78 is 48.9. The fourth-order valence-electron chi connectivity index (χ4n) is 1.16. The third-order valence-electron chi connectivity index (χ3n) is 1.93. The van der Waals surface area contributed by atoms with E-state index in [2.05, 4.69) is 9.97 Å². The minimum atomic E-state index is -4.17. The van der Waals surface area contributed by atoms with E-state index in [4.69, 9.17) is 16.7 Å². The third-order valence-corrected chi connectivity index (χ3v) is 3.94. The lowest BCUT2D eigenvalue weighted by atomic mass is 10.6. The molecule has 0 radical (unpaired) electrons. The Kier molecular flexibility index (Phi) is 5.32. The molecule has 0 aliphatic carbocycles. The smallest absolute Gasteiger partial charge is 0.252 e. The van der Waals surface area contributed by atoms with E-state index in [0.29, 0.717) is 4.31 Å². The second-order valence-electron chi connectivity index (χ2n) is 3.17. The number of aliphatic hydroxyl groups is 1. The summed E-state index contributed by atoms with van der Waals surface area (Å²) in [5, 5.41) is 8.54. The molecule has 0 aliphatic rings. The first-order valence-electron chi connectivity index (χ1n) is 4.74. The van der Waals surface area contributed by atoms with Crippen LogP contribution in [0.15, 0.2) is 17.3 Å². The van der Waals surface area contributed by atoms with Crippen LogP contribution in [0.5, 0.6) is 0 Å². The first kappa shape index (κ1) is 15.2. The molecule has 10 heteroatoms. The van der Waals surface area contributed by atoms with E-state index in [1.807, 2.05) is 0 Å². The Hall–Kier alpha value is -0.900. The van der Waals surface area contributed by atoms with Gasteiger partial charge in [0.25, 0.3) is 6.43 Å². The second kappa shape index (κ2) is 6.32. The highest BCUT2D eigenvalue weighted by atomic mass is 35.5. The van der Waals surface area contributed by atoms with Crippen LogP contribution >= 0.6 is 11.6 Å². The number of hydrogen-bond donors (Lipinski definition) is 1. The zero-order valence-corrected chi connectivity index (χ0v) is 10.6. The molecule has 0 fully saturated rings. The molecular formula is C8H10ClF2N3O3S. The Balaban J connectivity index is 3.04. The van der Waals surface area contributed by atoms with Crippen LogP contribution in [-0.4, -0.2) is 53.9 Å². The van der Waals surface area contributed by atoms with Crippen LogP contribution in [-0.2, 0) is 10.0 Å². The van der Waals surface area contributed by atoms with Crippen molar-refractivity contribution in [1.82, 2.24) is 14.3 Å². The van der Waals surface area contributed by atoms with Crippen molar-refractivity contribution >= 4 is 21.6 Å². The standard InChI is InChI=1S/C8H10ClF2N3O3S/c9-8-12-3-6(4-13-8)18(16,17)14(1-2-15)5-7(10)11/h3-4,7,15H,1-2,5H2. The summed E-state index contributed by atoms with van der Waals surface area (Å²) in [5.74, 6) is 0. The molecule has 0 atom stereocenters. The van der Waals surface area contributed by atoms with Crippen molar-refractivity contribution in [1.29, 1.82) is 0 Å². The first-order valence-corrected chi connectivity index (χ1v) is 6.56. The first-order chi connectivity index (χ1) is 8.37. The molecule has 0 aromatic carbocycles. The van der Waals surface area contributed by atoms with Gasteiger partial charge in [-0.15, -0.1) is 0 Å². The molecule has 18 heavy (non-hydrogen) atoms.